The third kappa shape index (κ3) is 3.12. The highest BCUT2D eigenvalue weighted by Gasteiger charge is 2.30. The van der Waals surface area contributed by atoms with E-state index in [0.29, 0.717) is 13.2 Å². The lowest BCUT2D eigenvalue weighted by molar-refractivity contribution is -0.697. The van der Waals surface area contributed by atoms with Gasteiger partial charge in [0.1, 0.15) is 25.8 Å². The normalized spacial score (nSPS) is 22.7. The Morgan fingerprint density at radius 1 is 0.875 bits per heavy atom. The van der Waals surface area contributed by atoms with Crippen molar-refractivity contribution in [3.8, 4) is 23.0 Å². The smallest absolute Gasteiger partial charge is 0.184 e. The molecular formula is C19H22NO4+. The van der Waals surface area contributed by atoms with Crippen LogP contribution in [0.3, 0.4) is 0 Å². The first-order valence-corrected chi connectivity index (χ1v) is 8.40. The van der Waals surface area contributed by atoms with Crippen molar-refractivity contribution < 1.29 is 24.3 Å². The molecule has 5 heteroatoms. The minimum absolute atomic E-state index is 0.0247. The minimum atomic E-state index is 0.0247. The van der Waals surface area contributed by atoms with Crippen LogP contribution in [-0.2, 0) is 0 Å². The maximum absolute atomic E-state index is 6.06. The summed E-state index contributed by atoms with van der Waals surface area (Å²) in [5, 5.41) is 2.24. The monoisotopic (exact) mass is 328 g/mol. The Bertz CT molecular complexity index is 705. The molecule has 24 heavy (non-hydrogen) atoms. The zero-order valence-corrected chi connectivity index (χ0v) is 13.7. The van der Waals surface area contributed by atoms with Crippen LogP contribution in [0.25, 0.3) is 0 Å². The molecule has 0 saturated heterocycles. The molecule has 0 spiro atoms. The number of nitrogens with two attached hydrogens (primary N) is 1. The van der Waals surface area contributed by atoms with E-state index in [4.69, 9.17) is 18.9 Å². The maximum Gasteiger partial charge on any atom is 0.184 e. The lowest BCUT2D eigenvalue weighted by Crippen LogP contribution is -2.94. The number of hydrogen-bond acceptors (Lipinski definition) is 4. The van der Waals surface area contributed by atoms with E-state index in [2.05, 4.69) is 12.2 Å². The number of benzene rings is 2. The molecule has 0 radical (unpaired) electrons. The summed E-state index contributed by atoms with van der Waals surface area (Å²) in [5.74, 6) is 3.28. The fraction of sp³-hybridized carbons (Fsp3) is 0.368. The lowest BCUT2D eigenvalue weighted by atomic mass is 10.1. The summed E-state index contributed by atoms with van der Waals surface area (Å²) in [4.78, 5) is 0. The van der Waals surface area contributed by atoms with Crippen molar-refractivity contribution in [2.45, 2.75) is 25.2 Å². The molecule has 0 bridgehead atoms. The van der Waals surface area contributed by atoms with Gasteiger partial charge in [0.05, 0.1) is 0 Å². The zero-order valence-electron chi connectivity index (χ0n) is 13.7. The summed E-state index contributed by atoms with van der Waals surface area (Å²) in [5.41, 5.74) is 0. The predicted octanol–water partition coefficient (Wildman–Crippen LogP) is 1.62. The molecule has 2 aromatic rings. The highest BCUT2D eigenvalue weighted by molar-refractivity contribution is 5.41. The summed E-state index contributed by atoms with van der Waals surface area (Å²) in [6.07, 6.45) is 0.0656. The van der Waals surface area contributed by atoms with Crippen molar-refractivity contribution in [2.75, 3.05) is 19.8 Å². The van der Waals surface area contributed by atoms with Crippen LogP contribution in [0.4, 0.5) is 0 Å². The van der Waals surface area contributed by atoms with Gasteiger partial charge in [-0.2, -0.15) is 0 Å². The molecule has 0 unspecified atom stereocenters. The first-order chi connectivity index (χ1) is 11.8. The van der Waals surface area contributed by atoms with Gasteiger partial charge in [-0.3, -0.25) is 0 Å². The van der Waals surface area contributed by atoms with Gasteiger partial charge in [0.25, 0.3) is 0 Å². The Morgan fingerprint density at radius 3 is 2.17 bits per heavy atom. The predicted molar refractivity (Wildman–Crippen MR) is 89.0 cm³/mol. The van der Waals surface area contributed by atoms with Gasteiger partial charge in [0, 0.05) is 0 Å². The maximum atomic E-state index is 6.06. The van der Waals surface area contributed by atoms with Crippen LogP contribution in [0.15, 0.2) is 48.5 Å². The van der Waals surface area contributed by atoms with Crippen LogP contribution in [0.5, 0.6) is 23.0 Å². The van der Waals surface area contributed by atoms with Gasteiger partial charge in [-0.25, -0.2) is 0 Å². The highest BCUT2D eigenvalue weighted by Crippen LogP contribution is 2.32. The number of fused-ring (bicyclic) bond motifs is 2. The fourth-order valence-electron chi connectivity index (χ4n) is 2.99. The summed E-state index contributed by atoms with van der Waals surface area (Å²) in [6, 6.07) is 15.9. The van der Waals surface area contributed by atoms with Crippen molar-refractivity contribution in [1.82, 2.24) is 0 Å². The molecule has 3 atom stereocenters. The van der Waals surface area contributed by atoms with Crippen molar-refractivity contribution in [1.29, 1.82) is 0 Å². The summed E-state index contributed by atoms with van der Waals surface area (Å²) in [7, 11) is 0. The van der Waals surface area contributed by atoms with E-state index in [0.717, 1.165) is 29.5 Å². The number of ether oxygens (including phenoxy) is 4. The quantitative estimate of drug-likeness (QED) is 0.927. The molecule has 126 valence electrons. The molecule has 2 heterocycles. The van der Waals surface area contributed by atoms with Crippen LogP contribution < -0.4 is 24.3 Å². The van der Waals surface area contributed by atoms with Gasteiger partial charge in [-0.05, 0) is 31.2 Å². The second kappa shape index (κ2) is 6.61. The Balaban J connectivity index is 1.31. The summed E-state index contributed by atoms with van der Waals surface area (Å²) in [6.45, 7) is 4.11. The van der Waals surface area contributed by atoms with Gasteiger partial charge in [0.15, 0.2) is 35.2 Å². The van der Waals surface area contributed by atoms with E-state index in [9.17, 15) is 0 Å². The van der Waals surface area contributed by atoms with Gasteiger partial charge in [0.2, 0.25) is 0 Å². The first kappa shape index (κ1) is 15.1. The third-order valence-electron chi connectivity index (χ3n) is 4.46. The van der Waals surface area contributed by atoms with Crippen LogP contribution in [0.1, 0.15) is 6.92 Å². The average Bonchev–Trinajstić information content (AvgIpc) is 2.65. The molecule has 2 aliphatic rings. The molecule has 2 N–H and O–H groups in total. The summed E-state index contributed by atoms with van der Waals surface area (Å²) >= 11 is 0. The number of quaternary nitrogens is 1. The molecule has 0 amide bonds. The number of rotatable bonds is 4. The lowest BCUT2D eigenvalue weighted by Gasteiger charge is -2.30. The first-order valence-electron chi connectivity index (χ1n) is 8.40. The minimum Gasteiger partial charge on any atom is -0.486 e. The Morgan fingerprint density at radius 2 is 1.46 bits per heavy atom. The van der Waals surface area contributed by atoms with Crippen molar-refractivity contribution in [3.63, 3.8) is 0 Å². The van der Waals surface area contributed by atoms with Crippen molar-refractivity contribution in [3.05, 3.63) is 48.5 Å². The number of hydrogen-bond donors (Lipinski definition) is 1. The SMILES string of the molecule is C[C@H]([NH2+]C[C@@H]1COc2ccccc2O1)[C@@H]1COc2ccccc2O1. The van der Waals surface area contributed by atoms with Crippen LogP contribution >= 0.6 is 0 Å². The fourth-order valence-corrected chi connectivity index (χ4v) is 2.99. The number of para-hydroxylation sites is 4. The topological polar surface area (TPSA) is 53.5 Å². The van der Waals surface area contributed by atoms with Crippen molar-refractivity contribution in [2.24, 2.45) is 0 Å². The average molecular weight is 328 g/mol. The van der Waals surface area contributed by atoms with E-state index in [1.165, 1.54) is 0 Å². The van der Waals surface area contributed by atoms with Gasteiger partial charge < -0.3 is 24.3 Å². The Kier molecular flexibility index (Phi) is 4.17. The third-order valence-corrected chi connectivity index (χ3v) is 4.46. The summed E-state index contributed by atoms with van der Waals surface area (Å²) < 4.78 is 23.6. The standard InChI is InChI=1S/C19H21NO4/c1-13(19-12-22-16-7-3-5-9-18(16)24-19)20-10-14-11-21-15-6-2-4-8-17(15)23-14/h2-9,13-14,19-20H,10-12H2,1H3/p+1/t13-,14+,19-/m0/s1. The van der Waals surface area contributed by atoms with Crippen LogP contribution in [0.2, 0.25) is 0 Å². The van der Waals surface area contributed by atoms with E-state index < -0.39 is 0 Å². The second-order valence-corrected chi connectivity index (χ2v) is 6.24. The molecule has 0 fully saturated rings. The van der Waals surface area contributed by atoms with Gasteiger partial charge in [-0.1, -0.05) is 24.3 Å². The van der Waals surface area contributed by atoms with Crippen LogP contribution in [0, 0.1) is 0 Å². The largest absolute Gasteiger partial charge is 0.486 e. The van der Waals surface area contributed by atoms with E-state index in [1.54, 1.807) is 0 Å². The molecule has 0 aromatic heterocycles. The molecule has 0 saturated carbocycles. The van der Waals surface area contributed by atoms with E-state index in [-0.39, 0.29) is 18.2 Å². The molecular weight excluding hydrogens is 306 g/mol. The molecule has 0 aliphatic carbocycles. The Labute approximate surface area is 141 Å². The van der Waals surface area contributed by atoms with Crippen LogP contribution in [-0.4, -0.2) is 38.0 Å². The van der Waals surface area contributed by atoms with Crippen molar-refractivity contribution >= 4 is 0 Å². The Hall–Kier alpha value is -2.40. The van der Waals surface area contributed by atoms with Gasteiger partial charge in [-0.15, -0.1) is 0 Å². The molecule has 4 rings (SSSR count). The van der Waals surface area contributed by atoms with Gasteiger partial charge >= 0.3 is 0 Å². The van der Waals surface area contributed by atoms with E-state index in [1.807, 2.05) is 48.5 Å². The molecule has 2 aliphatic heterocycles. The molecule has 2 aromatic carbocycles. The molecule has 5 nitrogen and oxygen atoms in total. The van der Waals surface area contributed by atoms with E-state index >= 15 is 0 Å². The highest BCUT2D eigenvalue weighted by atomic mass is 16.6. The second-order valence-electron chi connectivity index (χ2n) is 6.24. The zero-order chi connectivity index (χ0) is 16.4.